The van der Waals surface area contributed by atoms with Gasteiger partial charge in [0.25, 0.3) is 0 Å². The number of hydrogen-bond donors (Lipinski definition) is 1. The first-order chi connectivity index (χ1) is 10.0. The van der Waals surface area contributed by atoms with Gasteiger partial charge >= 0.3 is 5.97 Å². The van der Waals surface area contributed by atoms with E-state index in [1.165, 1.54) is 37.4 Å². The van der Waals surface area contributed by atoms with Crippen molar-refractivity contribution in [3.8, 4) is 5.75 Å². The number of rotatable bonds is 4. The van der Waals surface area contributed by atoms with Crippen LogP contribution >= 0.6 is 11.6 Å². The maximum Gasteiger partial charge on any atom is 0.342 e. The molecule has 110 valence electrons. The van der Waals surface area contributed by atoms with Crippen LogP contribution in [0.5, 0.6) is 5.75 Å². The second kappa shape index (κ2) is 6.45. The molecule has 2 aromatic rings. The Bertz CT molecular complexity index is 656. The highest BCUT2D eigenvalue weighted by molar-refractivity contribution is 6.31. The lowest BCUT2D eigenvalue weighted by atomic mass is 10.2. The van der Waals surface area contributed by atoms with Crippen LogP contribution in [0.2, 0.25) is 5.02 Å². The summed E-state index contributed by atoms with van der Waals surface area (Å²) in [5.41, 5.74) is 6.40. The Morgan fingerprint density at radius 1 is 1.33 bits per heavy atom. The second-order valence-corrected chi connectivity index (χ2v) is 4.64. The molecule has 0 unspecified atom stereocenters. The maximum absolute atomic E-state index is 13.6. The van der Waals surface area contributed by atoms with E-state index in [0.717, 1.165) is 0 Å². The number of halogens is 2. The summed E-state index contributed by atoms with van der Waals surface area (Å²) in [5, 5.41) is 0.201. The number of esters is 1. The van der Waals surface area contributed by atoms with Gasteiger partial charge in [-0.1, -0.05) is 17.7 Å². The van der Waals surface area contributed by atoms with E-state index >= 15 is 0 Å². The molecular formula is C15H13ClFNO3. The van der Waals surface area contributed by atoms with Crippen molar-refractivity contribution in [3.63, 3.8) is 0 Å². The zero-order valence-electron chi connectivity index (χ0n) is 11.2. The number of carbonyl (C=O) groups excluding carboxylic acids is 1. The molecule has 0 atom stereocenters. The molecule has 6 heteroatoms. The van der Waals surface area contributed by atoms with Crippen molar-refractivity contribution in [3.05, 3.63) is 58.4 Å². The summed E-state index contributed by atoms with van der Waals surface area (Å²) in [6, 6.07) is 8.80. The van der Waals surface area contributed by atoms with Gasteiger partial charge in [0.15, 0.2) is 0 Å². The number of anilines is 1. The van der Waals surface area contributed by atoms with Crippen molar-refractivity contribution in [1.29, 1.82) is 0 Å². The summed E-state index contributed by atoms with van der Waals surface area (Å²) < 4.78 is 23.7. The van der Waals surface area contributed by atoms with Gasteiger partial charge in [-0.2, -0.15) is 0 Å². The third-order valence-electron chi connectivity index (χ3n) is 2.85. The van der Waals surface area contributed by atoms with E-state index < -0.39 is 11.8 Å². The molecule has 0 bridgehead atoms. The summed E-state index contributed by atoms with van der Waals surface area (Å²) in [5.74, 6) is -0.884. The molecule has 21 heavy (non-hydrogen) atoms. The second-order valence-electron chi connectivity index (χ2n) is 4.24. The highest BCUT2D eigenvalue weighted by atomic mass is 35.5. The number of hydrogen-bond acceptors (Lipinski definition) is 4. The van der Waals surface area contributed by atoms with E-state index in [-0.39, 0.29) is 22.8 Å². The largest absolute Gasteiger partial charge is 0.496 e. The van der Waals surface area contributed by atoms with Crippen molar-refractivity contribution in [1.82, 2.24) is 0 Å². The van der Waals surface area contributed by atoms with E-state index in [9.17, 15) is 9.18 Å². The molecule has 0 saturated heterocycles. The van der Waals surface area contributed by atoms with Gasteiger partial charge in [0.2, 0.25) is 0 Å². The van der Waals surface area contributed by atoms with E-state index in [2.05, 4.69) is 0 Å². The van der Waals surface area contributed by atoms with Gasteiger partial charge in [-0.15, -0.1) is 0 Å². The summed E-state index contributed by atoms with van der Waals surface area (Å²) in [4.78, 5) is 12.0. The smallest absolute Gasteiger partial charge is 0.342 e. The Labute approximate surface area is 126 Å². The van der Waals surface area contributed by atoms with Crippen LogP contribution in [-0.2, 0) is 11.3 Å². The quantitative estimate of drug-likeness (QED) is 0.694. The summed E-state index contributed by atoms with van der Waals surface area (Å²) in [6.45, 7) is -0.266. The molecule has 0 fully saturated rings. The van der Waals surface area contributed by atoms with Gasteiger partial charge in [-0.3, -0.25) is 0 Å². The SMILES string of the molecule is COc1cc(N)ccc1C(=O)OCc1c(F)cccc1Cl. The fraction of sp³-hybridized carbons (Fsp3) is 0.133. The molecule has 2 aromatic carbocycles. The molecule has 0 aromatic heterocycles. The van der Waals surface area contributed by atoms with E-state index in [1.807, 2.05) is 0 Å². The molecule has 0 aliphatic heterocycles. The fourth-order valence-corrected chi connectivity index (χ4v) is 1.98. The predicted octanol–water partition coefficient (Wildman–Crippen LogP) is 3.43. The third-order valence-corrected chi connectivity index (χ3v) is 3.21. The predicted molar refractivity (Wildman–Crippen MR) is 77.9 cm³/mol. The zero-order chi connectivity index (χ0) is 15.4. The van der Waals surface area contributed by atoms with Crippen LogP contribution in [0.4, 0.5) is 10.1 Å². The van der Waals surface area contributed by atoms with Crippen LogP contribution < -0.4 is 10.5 Å². The monoisotopic (exact) mass is 309 g/mol. The normalized spacial score (nSPS) is 10.2. The molecule has 0 radical (unpaired) electrons. The molecular weight excluding hydrogens is 297 g/mol. The fourth-order valence-electron chi connectivity index (χ4n) is 1.76. The lowest BCUT2D eigenvalue weighted by molar-refractivity contribution is 0.0465. The minimum atomic E-state index is -0.647. The van der Waals surface area contributed by atoms with Crippen molar-refractivity contribution in [2.24, 2.45) is 0 Å². The average molecular weight is 310 g/mol. The minimum absolute atomic E-state index is 0.127. The van der Waals surface area contributed by atoms with Crippen LogP contribution in [0.15, 0.2) is 36.4 Å². The topological polar surface area (TPSA) is 61.5 Å². The first kappa shape index (κ1) is 15.1. The van der Waals surface area contributed by atoms with Gasteiger partial charge in [-0.25, -0.2) is 9.18 Å². The van der Waals surface area contributed by atoms with Gasteiger partial charge in [0.1, 0.15) is 23.7 Å². The van der Waals surface area contributed by atoms with E-state index in [4.69, 9.17) is 26.8 Å². The average Bonchev–Trinajstić information content (AvgIpc) is 2.46. The minimum Gasteiger partial charge on any atom is -0.496 e. The molecule has 0 amide bonds. The molecule has 2 rings (SSSR count). The third kappa shape index (κ3) is 3.44. The number of benzene rings is 2. The van der Waals surface area contributed by atoms with Crippen LogP contribution in [-0.4, -0.2) is 13.1 Å². The summed E-state index contributed by atoms with van der Waals surface area (Å²) in [6.07, 6.45) is 0. The molecule has 0 aliphatic rings. The molecule has 2 N–H and O–H groups in total. The first-order valence-corrected chi connectivity index (χ1v) is 6.44. The lowest BCUT2D eigenvalue weighted by Crippen LogP contribution is -2.08. The molecule has 4 nitrogen and oxygen atoms in total. The maximum atomic E-state index is 13.6. The van der Waals surface area contributed by atoms with Crippen LogP contribution in [0, 0.1) is 5.82 Å². The number of ether oxygens (including phenoxy) is 2. The van der Waals surface area contributed by atoms with Gasteiger partial charge in [0.05, 0.1) is 12.1 Å². The number of carbonyl (C=O) groups is 1. The first-order valence-electron chi connectivity index (χ1n) is 6.06. The van der Waals surface area contributed by atoms with E-state index in [1.54, 1.807) is 6.07 Å². The summed E-state index contributed by atoms with van der Waals surface area (Å²) >= 11 is 5.87. The van der Waals surface area contributed by atoms with Crippen molar-refractivity contribution >= 4 is 23.3 Å². The van der Waals surface area contributed by atoms with Gasteiger partial charge < -0.3 is 15.2 Å². The number of nitrogens with two attached hydrogens (primary N) is 1. The van der Waals surface area contributed by atoms with Gasteiger partial charge in [0, 0.05) is 17.3 Å². The van der Waals surface area contributed by atoms with Gasteiger partial charge in [-0.05, 0) is 24.3 Å². The lowest BCUT2D eigenvalue weighted by Gasteiger charge is -2.10. The number of methoxy groups -OCH3 is 1. The Hall–Kier alpha value is -2.27. The highest BCUT2D eigenvalue weighted by Crippen LogP contribution is 2.24. The zero-order valence-corrected chi connectivity index (χ0v) is 12.0. The molecule has 0 heterocycles. The Morgan fingerprint density at radius 3 is 2.76 bits per heavy atom. The van der Waals surface area contributed by atoms with Crippen LogP contribution in [0.3, 0.4) is 0 Å². The van der Waals surface area contributed by atoms with Crippen molar-refractivity contribution in [2.45, 2.75) is 6.61 Å². The molecule has 0 saturated carbocycles. The number of nitrogen functional groups attached to an aromatic ring is 1. The Kier molecular flexibility index (Phi) is 4.65. The van der Waals surface area contributed by atoms with Crippen molar-refractivity contribution in [2.75, 3.05) is 12.8 Å². The summed E-state index contributed by atoms with van der Waals surface area (Å²) in [7, 11) is 1.42. The molecule has 0 aliphatic carbocycles. The van der Waals surface area contributed by atoms with E-state index in [0.29, 0.717) is 11.4 Å². The Morgan fingerprint density at radius 2 is 2.10 bits per heavy atom. The standard InChI is InChI=1S/C15H13ClFNO3/c1-20-14-7-9(18)5-6-10(14)15(19)21-8-11-12(16)3-2-4-13(11)17/h2-7H,8,18H2,1H3. The Balaban J connectivity index is 2.16. The van der Waals surface area contributed by atoms with Crippen molar-refractivity contribution < 1.29 is 18.7 Å². The van der Waals surface area contributed by atoms with Crippen LogP contribution in [0.1, 0.15) is 15.9 Å². The van der Waals surface area contributed by atoms with Crippen LogP contribution in [0.25, 0.3) is 0 Å². The highest BCUT2D eigenvalue weighted by Gasteiger charge is 2.16. The molecule has 0 spiro atoms.